The summed E-state index contributed by atoms with van der Waals surface area (Å²) in [7, 11) is 0. The highest BCUT2D eigenvalue weighted by molar-refractivity contribution is 5.60. The molecule has 2 aromatic carbocycles. The molecule has 0 spiro atoms. The van der Waals surface area contributed by atoms with Crippen LogP contribution >= 0.6 is 0 Å². The molecular weight excluding hydrogens is 348 g/mol. The molecule has 4 nitrogen and oxygen atoms in total. The quantitative estimate of drug-likeness (QED) is 0.772. The van der Waals surface area contributed by atoms with Gasteiger partial charge in [0.05, 0.1) is 0 Å². The Morgan fingerprint density at radius 2 is 0.964 bits per heavy atom. The zero-order valence-electron chi connectivity index (χ0n) is 18.0. The van der Waals surface area contributed by atoms with E-state index in [0.717, 1.165) is 24.0 Å². The van der Waals surface area contributed by atoms with Gasteiger partial charge in [0, 0.05) is 35.5 Å². The highest BCUT2D eigenvalue weighted by Gasteiger charge is 2.40. The summed E-state index contributed by atoms with van der Waals surface area (Å²) in [4.78, 5) is 4.98. The van der Waals surface area contributed by atoms with Crippen LogP contribution in [0.2, 0.25) is 0 Å². The van der Waals surface area contributed by atoms with Crippen molar-refractivity contribution in [3.63, 3.8) is 0 Å². The predicted octanol–water partition coefficient (Wildman–Crippen LogP) is 5.10. The number of piperazine rings is 1. The third-order valence-corrected chi connectivity index (χ3v) is 6.64. The van der Waals surface area contributed by atoms with Crippen LogP contribution in [0.15, 0.2) is 36.4 Å². The van der Waals surface area contributed by atoms with Crippen molar-refractivity contribution in [3.8, 4) is 11.5 Å². The molecule has 4 atom stereocenters. The van der Waals surface area contributed by atoms with Crippen molar-refractivity contribution < 1.29 is 10.2 Å². The molecule has 0 saturated carbocycles. The molecule has 4 heteroatoms. The van der Waals surface area contributed by atoms with Gasteiger partial charge in [-0.1, -0.05) is 13.8 Å². The molecular formula is C24H34N2O2. The number of phenols is 2. The molecule has 1 aliphatic rings. The first-order valence-corrected chi connectivity index (χ1v) is 10.5. The molecule has 152 valence electrons. The predicted molar refractivity (Wildman–Crippen MR) is 118 cm³/mol. The number of hydrogen-bond donors (Lipinski definition) is 2. The highest BCUT2D eigenvalue weighted by Crippen LogP contribution is 2.37. The van der Waals surface area contributed by atoms with E-state index in [1.54, 1.807) is 0 Å². The second-order valence-corrected chi connectivity index (χ2v) is 8.11. The molecule has 2 aromatic rings. The number of hydrogen-bond acceptors (Lipinski definition) is 4. The Kier molecular flexibility index (Phi) is 5.78. The molecule has 3 rings (SSSR count). The molecule has 0 radical (unpaired) electrons. The minimum Gasteiger partial charge on any atom is -0.508 e. The lowest BCUT2D eigenvalue weighted by Gasteiger charge is -2.55. The van der Waals surface area contributed by atoms with E-state index < -0.39 is 0 Å². The molecule has 0 amide bonds. The first-order chi connectivity index (χ1) is 13.3. The van der Waals surface area contributed by atoms with Crippen molar-refractivity contribution in [3.05, 3.63) is 47.5 Å². The molecule has 0 aromatic heterocycles. The van der Waals surface area contributed by atoms with Gasteiger partial charge in [-0.05, 0) is 88.1 Å². The maximum Gasteiger partial charge on any atom is 0.118 e. The molecule has 28 heavy (non-hydrogen) atoms. The van der Waals surface area contributed by atoms with Crippen molar-refractivity contribution in [2.75, 3.05) is 9.80 Å². The summed E-state index contributed by atoms with van der Waals surface area (Å²) in [6.07, 6.45) is 1.64. The molecule has 1 aliphatic heterocycles. The van der Waals surface area contributed by atoms with Crippen LogP contribution in [0.5, 0.6) is 11.5 Å². The monoisotopic (exact) mass is 382 g/mol. The third-order valence-electron chi connectivity index (χ3n) is 6.64. The Hall–Kier alpha value is -2.36. The van der Waals surface area contributed by atoms with Gasteiger partial charge < -0.3 is 20.0 Å². The third kappa shape index (κ3) is 3.41. The average Bonchev–Trinajstić information content (AvgIpc) is 2.69. The topological polar surface area (TPSA) is 46.9 Å². The molecule has 1 fully saturated rings. The van der Waals surface area contributed by atoms with Gasteiger partial charge in [-0.15, -0.1) is 0 Å². The van der Waals surface area contributed by atoms with E-state index in [2.05, 4.69) is 63.5 Å². The highest BCUT2D eigenvalue weighted by atomic mass is 16.3. The van der Waals surface area contributed by atoms with Gasteiger partial charge in [-0.3, -0.25) is 0 Å². The summed E-state index contributed by atoms with van der Waals surface area (Å²) in [5.74, 6) is 0.755. The van der Waals surface area contributed by atoms with Crippen molar-refractivity contribution in [2.45, 2.75) is 78.6 Å². The van der Waals surface area contributed by atoms with Crippen molar-refractivity contribution >= 4 is 11.4 Å². The summed E-state index contributed by atoms with van der Waals surface area (Å²) in [6, 6.07) is 13.2. The second-order valence-electron chi connectivity index (χ2n) is 8.11. The molecule has 2 N–H and O–H groups in total. The Balaban J connectivity index is 1.97. The zero-order chi connectivity index (χ0) is 20.6. The zero-order valence-corrected chi connectivity index (χ0v) is 18.0. The van der Waals surface area contributed by atoms with Crippen LogP contribution < -0.4 is 9.80 Å². The van der Waals surface area contributed by atoms with Gasteiger partial charge in [0.1, 0.15) is 11.5 Å². The fourth-order valence-corrected chi connectivity index (χ4v) is 4.64. The van der Waals surface area contributed by atoms with Crippen molar-refractivity contribution in [1.82, 2.24) is 0 Å². The summed E-state index contributed by atoms with van der Waals surface area (Å²) in [5, 5.41) is 20.2. The van der Waals surface area contributed by atoms with Crippen LogP contribution in [0.4, 0.5) is 11.4 Å². The Labute approximate surface area is 169 Å². The number of aryl methyl sites for hydroxylation is 2. The van der Waals surface area contributed by atoms with E-state index in [1.165, 1.54) is 11.4 Å². The van der Waals surface area contributed by atoms with Crippen LogP contribution in [0.3, 0.4) is 0 Å². The van der Waals surface area contributed by atoms with E-state index >= 15 is 0 Å². The fourth-order valence-electron chi connectivity index (χ4n) is 4.64. The van der Waals surface area contributed by atoms with E-state index in [1.807, 2.05) is 24.3 Å². The van der Waals surface area contributed by atoms with Crippen molar-refractivity contribution in [1.29, 1.82) is 0 Å². The number of benzene rings is 2. The summed E-state index contributed by atoms with van der Waals surface area (Å²) < 4.78 is 0. The summed E-state index contributed by atoms with van der Waals surface area (Å²) in [6.45, 7) is 13.3. The van der Waals surface area contributed by atoms with Gasteiger partial charge in [-0.25, -0.2) is 0 Å². The average molecular weight is 383 g/mol. The molecule has 1 saturated heterocycles. The SMILES string of the molecule is CCc1cc(N2C(C)C(C)N(c3ccc(O)c(CC)c3)C(C)C2C)ccc1O. The number of phenolic OH excluding ortho intramolecular Hbond substituents is 2. The first kappa shape index (κ1) is 20.4. The Bertz CT molecular complexity index is 750. The van der Waals surface area contributed by atoms with Crippen LogP contribution in [0, 0.1) is 0 Å². The van der Waals surface area contributed by atoms with Crippen LogP contribution in [-0.2, 0) is 12.8 Å². The number of rotatable bonds is 4. The van der Waals surface area contributed by atoms with Gasteiger partial charge in [0.15, 0.2) is 0 Å². The van der Waals surface area contributed by atoms with Gasteiger partial charge in [0.2, 0.25) is 0 Å². The molecule has 4 unspecified atom stereocenters. The smallest absolute Gasteiger partial charge is 0.118 e. The standard InChI is InChI=1S/C24H34N2O2/c1-7-19-13-21(9-11-23(19)27)25-15(3)17(5)26(18(6)16(25)4)22-10-12-24(28)20(8-2)14-22/h9-18,27-28H,7-8H2,1-6H3. The van der Waals surface area contributed by atoms with E-state index in [9.17, 15) is 10.2 Å². The summed E-state index contributed by atoms with van der Waals surface area (Å²) >= 11 is 0. The van der Waals surface area contributed by atoms with E-state index in [4.69, 9.17) is 0 Å². The number of nitrogens with zero attached hydrogens (tertiary/aromatic N) is 2. The Morgan fingerprint density at radius 3 is 1.25 bits per heavy atom. The van der Waals surface area contributed by atoms with Crippen LogP contribution in [0.1, 0.15) is 52.7 Å². The van der Waals surface area contributed by atoms with Gasteiger partial charge in [0.25, 0.3) is 0 Å². The Morgan fingerprint density at radius 1 is 0.643 bits per heavy atom. The molecule has 0 aliphatic carbocycles. The van der Waals surface area contributed by atoms with Crippen LogP contribution in [-0.4, -0.2) is 34.4 Å². The minimum absolute atomic E-state index is 0.305. The lowest BCUT2D eigenvalue weighted by Crippen LogP contribution is -2.66. The van der Waals surface area contributed by atoms with E-state index in [0.29, 0.717) is 35.7 Å². The van der Waals surface area contributed by atoms with Gasteiger partial charge in [-0.2, -0.15) is 0 Å². The van der Waals surface area contributed by atoms with Gasteiger partial charge >= 0.3 is 0 Å². The minimum atomic E-state index is 0.305. The van der Waals surface area contributed by atoms with Crippen molar-refractivity contribution in [2.24, 2.45) is 0 Å². The fraction of sp³-hybridized carbons (Fsp3) is 0.500. The number of aromatic hydroxyl groups is 2. The maximum atomic E-state index is 10.1. The number of anilines is 2. The summed E-state index contributed by atoms with van der Waals surface area (Å²) in [5.41, 5.74) is 4.33. The largest absolute Gasteiger partial charge is 0.508 e. The van der Waals surface area contributed by atoms with E-state index in [-0.39, 0.29) is 0 Å². The molecule has 0 bridgehead atoms. The second kappa shape index (κ2) is 7.94. The normalized spacial score (nSPS) is 25.2. The molecule has 1 heterocycles. The maximum absolute atomic E-state index is 10.1. The van der Waals surface area contributed by atoms with Crippen LogP contribution in [0.25, 0.3) is 0 Å². The first-order valence-electron chi connectivity index (χ1n) is 10.5. The lowest BCUT2D eigenvalue weighted by atomic mass is 9.92. The lowest BCUT2D eigenvalue weighted by molar-refractivity contribution is 0.345.